The van der Waals surface area contributed by atoms with E-state index in [0.717, 1.165) is 0 Å². The maximum atomic E-state index is 10.7. The van der Waals surface area contributed by atoms with Gasteiger partial charge in [0.2, 0.25) is 0 Å². The summed E-state index contributed by atoms with van der Waals surface area (Å²) in [5.74, 6) is -1.02. The van der Waals surface area contributed by atoms with Gasteiger partial charge in [0.05, 0.1) is 0 Å². The van der Waals surface area contributed by atoms with E-state index in [1.165, 1.54) is 6.92 Å². The van der Waals surface area contributed by atoms with Gasteiger partial charge in [-0.3, -0.25) is 4.79 Å². The van der Waals surface area contributed by atoms with E-state index in [4.69, 9.17) is 9.84 Å². The van der Waals surface area contributed by atoms with Crippen molar-refractivity contribution in [2.75, 3.05) is 6.61 Å². The van der Waals surface area contributed by atoms with Crippen molar-refractivity contribution in [1.82, 2.24) is 0 Å². The number of carboxylic acids is 1. The topological polar surface area (TPSA) is 63.6 Å². The summed E-state index contributed by atoms with van der Waals surface area (Å²) in [7, 11) is 0. The summed E-state index contributed by atoms with van der Waals surface area (Å²) in [6.07, 6.45) is 0.587. The molecule has 0 aromatic rings. The predicted molar refractivity (Wildman–Crippen MR) is 36.2 cm³/mol. The number of Topliss-reactive ketones (excluding diaryl/α,β-unsaturated/α-hetero) is 1. The standard InChI is InChI=1S/C7H10O4/c1-7(6(9)10)3-2-5(8)4-11-7/h2-4H2,1H3,(H,9,10). The molecule has 1 atom stereocenters. The monoisotopic (exact) mass is 158 g/mol. The maximum Gasteiger partial charge on any atom is 0.335 e. The molecule has 1 fully saturated rings. The molecule has 0 spiro atoms. The first kappa shape index (κ1) is 8.20. The molecule has 1 saturated heterocycles. The van der Waals surface area contributed by atoms with E-state index in [-0.39, 0.29) is 18.8 Å². The van der Waals surface area contributed by atoms with Crippen molar-refractivity contribution < 1.29 is 19.4 Å². The Morgan fingerprint density at radius 3 is 2.73 bits per heavy atom. The van der Waals surface area contributed by atoms with Crippen LogP contribution in [0.25, 0.3) is 0 Å². The van der Waals surface area contributed by atoms with Crippen LogP contribution in [0.4, 0.5) is 0 Å². The number of carbonyl (C=O) groups is 2. The molecular weight excluding hydrogens is 148 g/mol. The van der Waals surface area contributed by atoms with Gasteiger partial charge in [-0.15, -0.1) is 0 Å². The van der Waals surface area contributed by atoms with Crippen molar-refractivity contribution >= 4 is 11.8 Å². The molecule has 1 rings (SSSR count). The molecule has 0 radical (unpaired) electrons. The molecule has 0 aliphatic carbocycles. The van der Waals surface area contributed by atoms with Gasteiger partial charge in [-0.2, -0.15) is 0 Å². The van der Waals surface area contributed by atoms with Crippen LogP contribution in [0.3, 0.4) is 0 Å². The van der Waals surface area contributed by atoms with Crippen molar-refractivity contribution in [2.45, 2.75) is 25.4 Å². The normalized spacial score (nSPS) is 31.9. The zero-order chi connectivity index (χ0) is 8.48. The summed E-state index contributed by atoms with van der Waals surface area (Å²) in [5.41, 5.74) is -1.14. The van der Waals surface area contributed by atoms with E-state index in [9.17, 15) is 9.59 Å². The average Bonchev–Trinajstić information content (AvgIpc) is 1.95. The van der Waals surface area contributed by atoms with E-state index in [2.05, 4.69) is 0 Å². The minimum Gasteiger partial charge on any atom is -0.479 e. The second kappa shape index (κ2) is 2.62. The summed E-state index contributed by atoms with van der Waals surface area (Å²) in [4.78, 5) is 21.2. The quantitative estimate of drug-likeness (QED) is 0.592. The molecule has 11 heavy (non-hydrogen) atoms. The fourth-order valence-corrected chi connectivity index (χ4v) is 0.931. The Balaban J connectivity index is 2.62. The van der Waals surface area contributed by atoms with Crippen LogP contribution in [0.1, 0.15) is 19.8 Å². The lowest BCUT2D eigenvalue weighted by atomic mass is 9.96. The van der Waals surface area contributed by atoms with Gasteiger partial charge in [-0.25, -0.2) is 4.79 Å². The zero-order valence-electron chi connectivity index (χ0n) is 6.29. The molecule has 1 N–H and O–H groups in total. The van der Waals surface area contributed by atoms with Gasteiger partial charge < -0.3 is 9.84 Å². The van der Waals surface area contributed by atoms with Gasteiger partial charge in [-0.05, 0) is 13.3 Å². The van der Waals surface area contributed by atoms with E-state index in [1.807, 2.05) is 0 Å². The van der Waals surface area contributed by atoms with Crippen LogP contribution in [0.15, 0.2) is 0 Å². The Hall–Kier alpha value is -0.900. The highest BCUT2D eigenvalue weighted by Gasteiger charge is 2.38. The third-order valence-electron chi connectivity index (χ3n) is 1.89. The number of carbonyl (C=O) groups excluding carboxylic acids is 1. The zero-order valence-corrected chi connectivity index (χ0v) is 6.29. The Morgan fingerprint density at radius 1 is 1.73 bits per heavy atom. The van der Waals surface area contributed by atoms with Crippen molar-refractivity contribution in [1.29, 1.82) is 0 Å². The molecule has 0 saturated carbocycles. The highest BCUT2D eigenvalue weighted by molar-refractivity contribution is 5.84. The van der Waals surface area contributed by atoms with Crippen molar-refractivity contribution in [3.63, 3.8) is 0 Å². The van der Waals surface area contributed by atoms with E-state index in [0.29, 0.717) is 6.42 Å². The Kier molecular flexibility index (Phi) is 1.95. The number of ketones is 1. The van der Waals surface area contributed by atoms with Crippen LogP contribution in [0.5, 0.6) is 0 Å². The van der Waals surface area contributed by atoms with E-state index in [1.54, 1.807) is 0 Å². The van der Waals surface area contributed by atoms with Crippen molar-refractivity contribution in [3.05, 3.63) is 0 Å². The number of carboxylic acid groups (broad SMARTS) is 1. The molecule has 1 aliphatic rings. The Labute approximate surface area is 64.2 Å². The Morgan fingerprint density at radius 2 is 2.36 bits per heavy atom. The first-order valence-corrected chi connectivity index (χ1v) is 3.44. The number of hydrogen-bond donors (Lipinski definition) is 1. The molecule has 1 unspecified atom stereocenters. The van der Waals surface area contributed by atoms with Crippen LogP contribution in [0, 0.1) is 0 Å². The van der Waals surface area contributed by atoms with Gasteiger partial charge in [0.15, 0.2) is 11.4 Å². The van der Waals surface area contributed by atoms with Gasteiger partial charge >= 0.3 is 5.97 Å². The van der Waals surface area contributed by atoms with Gasteiger partial charge in [-0.1, -0.05) is 0 Å². The van der Waals surface area contributed by atoms with Gasteiger partial charge in [0.25, 0.3) is 0 Å². The minimum absolute atomic E-state index is 0.0243. The van der Waals surface area contributed by atoms with Crippen LogP contribution in [0.2, 0.25) is 0 Å². The minimum atomic E-state index is -1.14. The van der Waals surface area contributed by atoms with Gasteiger partial charge in [0.1, 0.15) is 6.61 Å². The maximum absolute atomic E-state index is 10.7. The van der Waals surface area contributed by atoms with Crippen LogP contribution in [-0.4, -0.2) is 29.1 Å². The van der Waals surface area contributed by atoms with Crippen LogP contribution in [-0.2, 0) is 14.3 Å². The third kappa shape index (κ3) is 1.57. The predicted octanol–water partition coefficient (Wildman–Crippen LogP) is 0.209. The highest BCUT2D eigenvalue weighted by atomic mass is 16.5. The second-order valence-corrected chi connectivity index (χ2v) is 2.86. The number of hydrogen-bond acceptors (Lipinski definition) is 3. The highest BCUT2D eigenvalue weighted by Crippen LogP contribution is 2.22. The number of aliphatic carboxylic acids is 1. The number of rotatable bonds is 1. The third-order valence-corrected chi connectivity index (χ3v) is 1.89. The summed E-state index contributed by atoms with van der Waals surface area (Å²) in [6, 6.07) is 0. The molecule has 62 valence electrons. The lowest BCUT2D eigenvalue weighted by Crippen LogP contribution is -2.43. The van der Waals surface area contributed by atoms with Crippen LogP contribution < -0.4 is 0 Å². The van der Waals surface area contributed by atoms with Gasteiger partial charge in [0, 0.05) is 6.42 Å². The van der Waals surface area contributed by atoms with E-state index < -0.39 is 11.6 Å². The summed E-state index contributed by atoms with van der Waals surface area (Å²) in [5, 5.41) is 8.65. The summed E-state index contributed by atoms with van der Waals surface area (Å²) >= 11 is 0. The molecule has 0 aromatic heterocycles. The molecule has 1 heterocycles. The first-order chi connectivity index (χ1) is 5.04. The Bertz CT molecular complexity index is 187. The van der Waals surface area contributed by atoms with Crippen molar-refractivity contribution in [3.8, 4) is 0 Å². The second-order valence-electron chi connectivity index (χ2n) is 2.86. The lowest BCUT2D eigenvalue weighted by Gasteiger charge is -2.28. The largest absolute Gasteiger partial charge is 0.479 e. The van der Waals surface area contributed by atoms with Crippen molar-refractivity contribution in [2.24, 2.45) is 0 Å². The molecule has 1 aliphatic heterocycles. The fourth-order valence-electron chi connectivity index (χ4n) is 0.931. The summed E-state index contributed by atoms with van der Waals surface area (Å²) < 4.78 is 4.89. The fraction of sp³-hybridized carbons (Fsp3) is 0.714. The molecule has 0 aromatic carbocycles. The van der Waals surface area contributed by atoms with E-state index >= 15 is 0 Å². The SMILES string of the molecule is CC1(C(=O)O)CCC(=O)CO1. The molecular formula is C7H10O4. The molecule has 0 bridgehead atoms. The average molecular weight is 158 g/mol. The molecule has 4 nitrogen and oxygen atoms in total. The lowest BCUT2D eigenvalue weighted by molar-refractivity contribution is -0.171. The summed E-state index contributed by atoms with van der Waals surface area (Å²) in [6.45, 7) is 1.42. The first-order valence-electron chi connectivity index (χ1n) is 3.44. The molecule has 4 heteroatoms. The smallest absolute Gasteiger partial charge is 0.335 e. The number of ether oxygens (including phenoxy) is 1. The molecule has 0 amide bonds. The van der Waals surface area contributed by atoms with Crippen LogP contribution >= 0.6 is 0 Å².